The lowest BCUT2D eigenvalue weighted by molar-refractivity contribution is 0.153. The molecule has 0 spiro atoms. The fourth-order valence-electron chi connectivity index (χ4n) is 5.54. The van der Waals surface area contributed by atoms with E-state index in [0.29, 0.717) is 5.92 Å². The largest absolute Gasteiger partial charge is 0.494 e. The van der Waals surface area contributed by atoms with E-state index in [9.17, 15) is 0 Å². The molecule has 0 N–H and O–H groups in total. The minimum atomic E-state index is 0.604. The van der Waals surface area contributed by atoms with E-state index in [4.69, 9.17) is 4.74 Å². The zero-order valence-electron chi connectivity index (χ0n) is 19.6. The third kappa shape index (κ3) is 7.68. The van der Waals surface area contributed by atoms with Crippen molar-refractivity contribution < 1.29 is 4.74 Å². The van der Waals surface area contributed by atoms with Crippen molar-refractivity contribution in [1.29, 1.82) is 0 Å². The Hall–Kier alpha value is -1.42. The van der Waals surface area contributed by atoms with E-state index in [0.717, 1.165) is 42.1 Å². The van der Waals surface area contributed by atoms with Crippen molar-refractivity contribution in [2.75, 3.05) is 6.61 Å². The third-order valence-electron chi connectivity index (χ3n) is 7.59. The Morgan fingerprint density at radius 2 is 1.40 bits per heavy atom. The molecule has 3 rings (SSSR count). The van der Waals surface area contributed by atoms with Gasteiger partial charge in [-0.3, -0.25) is 0 Å². The summed E-state index contributed by atoms with van der Waals surface area (Å²) in [5.74, 6) is 11.6. The first-order valence-electron chi connectivity index (χ1n) is 13.0. The summed E-state index contributed by atoms with van der Waals surface area (Å²) in [5.41, 5.74) is 1.13. The molecule has 2 aliphatic carbocycles. The van der Waals surface area contributed by atoms with Crippen LogP contribution in [0.2, 0.25) is 0 Å². The molecule has 1 nitrogen and oxygen atoms in total. The summed E-state index contributed by atoms with van der Waals surface area (Å²) in [6.07, 6.45) is 19.4. The van der Waals surface area contributed by atoms with Crippen LogP contribution in [0.5, 0.6) is 5.75 Å². The van der Waals surface area contributed by atoms with Crippen LogP contribution in [-0.4, -0.2) is 6.61 Å². The van der Waals surface area contributed by atoms with E-state index < -0.39 is 0 Å². The van der Waals surface area contributed by atoms with Crippen molar-refractivity contribution in [3.8, 4) is 17.6 Å². The Kier molecular flexibility index (Phi) is 10.1. The van der Waals surface area contributed by atoms with Crippen LogP contribution in [-0.2, 0) is 0 Å². The van der Waals surface area contributed by atoms with Gasteiger partial charge >= 0.3 is 0 Å². The van der Waals surface area contributed by atoms with Crippen LogP contribution in [0.4, 0.5) is 0 Å². The first-order chi connectivity index (χ1) is 14.8. The lowest BCUT2D eigenvalue weighted by Gasteiger charge is -2.37. The Balaban J connectivity index is 1.37. The second-order valence-corrected chi connectivity index (χ2v) is 9.88. The Bertz CT molecular complexity index is 633. The molecule has 2 saturated carbocycles. The van der Waals surface area contributed by atoms with Gasteiger partial charge in [0.2, 0.25) is 0 Å². The molecule has 0 unspecified atom stereocenters. The van der Waals surface area contributed by atoms with Crippen LogP contribution in [0.15, 0.2) is 24.3 Å². The van der Waals surface area contributed by atoms with Crippen LogP contribution < -0.4 is 4.74 Å². The van der Waals surface area contributed by atoms with E-state index in [1.165, 1.54) is 83.5 Å². The van der Waals surface area contributed by atoms with Gasteiger partial charge in [0.15, 0.2) is 0 Å². The molecule has 166 valence electrons. The molecule has 0 amide bonds. The van der Waals surface area contributed by atoms with Crippen molar-refractivity contribution in [2.24, 2.45) is 23.7 Å². The summed E-state index contributed by atoms with van der Waals surface area (Å²) in [6, 6.07) is 8.38. The smallest absolute Gasteiger partial charge is 0.119 e. The lowest BCUT2D eigenvalue weighted by atomic mass is 9.69. The first-order valence-corrected chi connectivity index (χ1v) is 13.0. The van der Waals surface area contributed by atoms with Crippen LogP contribution in [0.1, 0.15) is 109 Å². The van der Waals surface area contributed by atoms with Crippen molar-refractivity contribution in [2.45, 2.75) is 104 Å². The van der Waals surface area contributed by atoms with Crippen LogP contribution in [0.25, 0.3) is 0 Å². The molecule has 0 heterocycles. The van der Waals surface area contributed by atoms with Crippen LogP contribution in [0.3, 0.4) is 0 Å². The highest BCUT2D eigenvalue weighted by Crippen LogP contribution is 2.42. The average molecular weight is 409 g/mol. The summed E-state index contributed by atoms with van der Waals surface area (Å²) in [5, 5.41) is 0. The van der Waals surface area contributed by atoms with Crippen LogP contribution in [0, 0.1) is 35.5 Å². The van der Waals surface area contributed by atoms with Crippen LogP contribution >= 0.6 is 0 Å². The highest BCUT2D eigenvalue weighted by atomic mass is 16.5. The van der Waals surface area contributed by atoms with Crippen molar-refractivity contribution >= 4 is 0 Å². The van der Waals surface area contributed by atoms with E-state index in [-0.39, 0.29) is 0 Å². The predicted molar refractivity (Wildman–Crippen MR) is 129 cm³/mol. The molecule has 30 heavy (non-hydrogen) atoms. The minimum absolute atomic E-state index is 0.604. The van der Waals surface area contributed by atoms with Gasteiger partial charge in [-0.25, -0.2) is 0 Å². The van der Waals surface area contributed by atoms with Gasteiger partial charge in [0, 0.05) is 11.5 Å². The highest BCUT2D eigenvalue weighted by molar-refractivity contribution is 5.38. The summed E-state index contributed by atoms with van der Waals surface area (Å²) in [7, 11) is 0. The summed E-state index contributed by atoms with van der Waals surface area (Å²) >= 11 is 0. The van der Waals surface area contributed by atoms with Gasteiger partial charge in [-0.2, -0.15) is 0 Å². The SMILES string of the molecule is CCCCCOc1ccc(C#C[C@H]2CC[C@H]([C@H]3CC[C@H](CCCC)CC3)CC2)cc1. The number of ether oxygens (including phenoxy) is 1. The van der Waals surface area contributed by atoms with E-state index in [2.05, 4.69) is 50.0 Å². The number of hydrogen-bond donors (Lipinski definition) is 0. The highest BCUT2D eigenvalue weighted by Gasteiger charge is 2.30. The molecular formula is C29H44O. The molecule has 1 heteroatoms. The number of benzene rings is 1. The van der Waals surface area contributed by atoms with Gasteiger partial charge in [-0.1, -0.05) is 70.6 Å². The van der Waals surface area contributed by atoms with E-state index in [1.54, 1.807) is 0 Å². The molecule has 2 fully saturated rings. The zero-order chi connectivity index (χ0) is 21.0. The van der Waals surface area contributed by atoms with Crippen molar-refractivity contribution in [1.82, 2.24) is 0 Å². The summed E-state index contributed by atoms with van der Waals surface area (Å²) < 4.78 is 5.80. The maximum Gasteiger partial charge on any atom is 0.119 e. The lowest BCUT2D eigenvalue weighted by Crippen LogP contribution is -2.25. The molecule has 2 aliphatic rings. The van der Waals surface area contributed by atoms with E-state index in [1.807, 2.05) is 0 Å². The number of hydrogen-bond acceptors (Lipinski definition) is 1. The Labute approximate surface area is 186 Å². The Morgan fingerprint density at radius 1 is 0.767 bits per heavy atom. The summed E-state index contributed by atoms with van der Waals surface area (Å²) in [4.78, 5) is 0. The second-order valence-electron chi connectivity index (χ2n) is 9.88. The second kappa shape index (κ2) is 13.1. The fourth-order valence-corrected chi connectivity index (χ4v) is 5.54. The van der Waals surface area contributed by atoms with E-state index >= 15 is 0 Å². The number of rotatable bonds is 9. The quantitative estimate of drug-likeness (QED) is 0.294. The molecule has 0 atom stereocenters. The molecule has 0 aliphatic heterocycles. The average Bonchev–Trinajstić information content (AvgIpc) is 2.81. The minimum Gasteiger partial charge on any atom is -0.494 e. The maximum atomic E-state index is 5.80. The predicted octanol–water partition coefficient (Wildman–Crippen LogP) is 8.41. The maximum absolute atomic E-state index is 5.80. The molecule has 0 radical (unpaired) electrons. The molecule has 0 saturated heterocycles. The fraction of sp³-hybridized carbons (Fsp3) is 0.724. The normalized spacial score (nSPS) is 26.6. The molecule has 0 bridgehead atoms. The van der Waals surface area contributed by atoms with Gasteiger partial charge in [0.1, 0.15) is 5.75 Å². The van der Waals surface area contributed by atoms with Gasteiger partial charge in [-0.05, 0) is 87.0 Å². The molecule has 1 aromatic carbocycles. The molecule has 1 aromatic rings. The van der Waals surface area contributed by atoms with Gasteiger partial charge in [-0.15, -0.1) is 0 Å². The van der Waals surface area contributed by atoms with Crippen molar-refractivity contribution in [3.63, 3.8) is 0 Å². The van der Waals surface area contributed by atoms with Gasteiger partial charge < -0.3 is 4.74 Å². The monoisotopic (exact) mass is 408 g/mol. The Morgan fingerprint density at radius 3 is 2.03 bits per heavy atom. The van der Waals surface area contributed by atoms with Gasteiger partial charge in [0.05, 0.1) is 6.61 Å². The molecular weight excluding hydrogens is 364 g/mol. The van der Waals surface area contributed by atoms with Crippen molar-refractivity contribution in [3.05, 3.63) is 29.8 Å². The standard InChI is InChI=1S/C29H44O/c1-3-5-7-23-30-29-21-15-26(16-22-29)10-9-25-13-19-28(20-14-25)27-17-11-24(12-18-27)8-6-4-2/h15-16,21-22,24-25,27-28H,3-8,11-14,17-20,23H2,1-2H3/t24-,25-,27-,28-. The first kappa shape index (κ1) is 23.2. The third-order valence-corrected chi connectivity index (χ3v) is 7.59. The molecule has 0 aromatic heterocycles. The topological polar surface area (TPSA) is 9.23 Å². The number of unbranched alkanes of at least 4 members (excludes halogenated alkanes) is 3. The summed E-state index contributed by atoms with van der Waals surface area (Å²) in [6.45, 7) is 5.37. The van der Waals surface area contributed by atoms with Gasteiger partial charge in [0.25, 0.3) is 0 Å². The zero-order valence-corrected chi connectivity index (χ0v) is 19.6.